The zero-order valence-corrected chi connectivity index (χ0v) is 18.1. The van der Waals surface area contributed by atoms with E-state index in [0.29, 0.717) is 23.5 Å². The summed E-state index contributed by atoms with van der Waals surface area (Å²) in [5.74, 6) is -0.946. The van der Waals surface area contributed by atoms with E-state index in [-0.39, 0.29) is 24.1 Å². The number of carbonyl (C=O) groups is 3. The van der Waals surface area contributed by atoms with Crippen molar-refractivity contribution in [3.8, 4) is 0 Å². The Morgan fingerprint density at radius 1 is 0.871 bits per heavy atom. The Bertz CT molecular complexity index is 1120. The highest BCUT2D eigenvalue weighted by Gasteiger charge is 2.35. The Balaban J connectivity index is 1.37. The first-order chi connectivity index (χ1) is 15.0. The van der Waals surface area contributed by atoms with Crippen molar-refractivity contribution in [2.75, 3.05) is 22.1 Å². The van der Waals surface area contributed by atoms with Crippen molar-refractivity contribution in [2.24, 2.45) is 5.92 Å². The van der Waals surface area contributed by atoms with E-state index in [1.165, 1.54) is 0 Å². The predicted octanol–water partition coefficient (Wildman–Crippen LogP) is 4.69. The summed E-state index contributed by atoms with van der Waals surface area (Å²) in [7, 11) is 0. The summed E-state index contributed by atoms with van der Waals surface area (Å²) in [5, 5.41) is 5.68. The maximum absolute atomic E-state index is 12.7. The normalized spacial score (nSPS) is 15.6. The number of para-hydroxylation sites is 2. The van der Waals surface area contributed by atoms with E-state index >= 15 is 0 Å². The summed E-state index contributed by atoms with van der Waals surface area (Å²) in [6, 6.07) is 23.4. The average molecular weight is 478 g/mol. The van der Waals surface area contributed by atoms with Gasteiger partial charge in [0, 0.05) is 34.4 Å². The maximum atomic E-state index is 12.7. The summed E-state index contributed by atoms with van der Waals surface area (Å²) in [4.78, 5) is 39.1. The van der Waals surface area contributed by atoms with Crippen molar-refractivity contribution in [3.63, 3.8) is 0 Å². The van der Waals surface area contributed by atoms with Crippen molar-refractivity contribution < 1.29 is 14.4 Å². The fraction of sp³-hybridized carbons (Fsp3) is 0.125. The number of halogens is 1. The highest BCUT2D eigenvalue weighted by atomic mass is 79.9. The first-order valence-corrected chi connectivity index (χ1v) is 10.6. The van der Waals surface area contributed by atoms with Crippen LogP contribution < -0.4 is 15.5 Å². The van der Waals surface area contributed by atoms with Gasteiger partial charge in [0.25, 0.3) is 5.91 Å². The summed E-state index contributed by atoms with van der Waals surface area (Å²) in [5.41, 5.74) is 2.52. The van der Waals surface area contributed by atoms with Gasteiger partial charge in [-0.15, -0.1) is 0 Å². The molecule has 0 radical (unpaired) electrons. The molecular weight excluding hydrogens is 458 g/mol. The highest BCUT2D eigenvalue weighted by molar-refractivity contribution is 9.10. The lowest BCUT2D eigenvalue weighted by atomic mass is 10.1. The molecule has 1 atom stereocenters. The highest BCUT2D eigenvalue weighted by Crippen LogP contribution is 2.26. The summed E-state index contributed by atoms with van der Waals surface area (Å²) in [6.45, 7) is 0.348. The van der Waals surface area contributed by atoms with Crippen LogP contribution >= 0.6 is 15.9 Å². The minimum Gasteiger partial charge on any atom is -0.326 e. The van der Waals surface area contributed by atoms with E-state index in [9.17, 15) is 14.4 Å². The van der Waals surface area contributed by atoms with Gasteiger partial charge < -0.3 is 15.5 Å². The number of hydrogen-bond acceptors (Lipinski definition) is 3. The molecule has 0 spiro atoms. The topological polar surface area (TPSA) is 78.5 Å². The number of rotatable bonds is 5. The van der Waals surface area contributed by atoms with Crippen LogP contribution in [0.3, 0.4) is 0 Å². The van der Waals surface area contributed by atoms with Gasteiger partial charge in [-0.2, -0.15) is 0 Å². The molecular formula is C24H20BrN3O3. The van der Waals surface area contributed by atoms with Gasteiger partial charge in [-0.1, -0.05) is 30.3 Å². The fourth-order valence-corrected chi connectivity index (χ4v) is 3.83. The fourth-order valence-electron chi connectivity index (χ4n) is 3.45. The number of amides is 3. The minimum absolute atomic E-state index is 0.0644. The van der Waals surface area contributed by atoms with Crippen molar-refractivity contribution >= 4 is 50.7 Å². The molecule has 3 aromatic carbocycles. The number of anilines is 3. The van der Waals surface area contributed by atoms with Gasteiger partial charge in [0.2, 0.25) is 11.8 Å². The van der Waals surface area contributed by atoms with Crippen LogP contribution in [-0.4, -0.2) is 24.3 Å². The third-order valence-corrected chi connectivity index (χ3v) is 5.79. The van der Waals surface area contributed by atoms with Gasteiger partial charge in [0.1, 0.15) is 0 Å². The first-order valence-electron chi connectivity index (χ1n) is 9.83. The molecule has 31 heavy (non-hydrogen) atoms. The largest absolute Gasteiger partial charge is 0.326 e. The third kappa shape index (κ3) is 4.83. The van der Waals surface area contributed by atoms with Crippen molar-refractivity contribution in [1.82, 2.24) is 0 Å². The van der Waals surface area contributed by atoms with Crippen LogP contribution in [-0.2, 0) is 9.59 Å². The molecule has 2 N–H and O–H groups in total. The standard InChI is InChI=1S/C24H20BrN3O3/c25-20-8-4-5-9-21(20)27-23(30)16-10-12-18(13-11-16)26-24(31)17-14-22(29)28(15-17)19-6-2-1-3-7-19/h1-13,17H,14-15H2,(H,26,31)(H,27,30). The minimum atomic E-state index is -0.425. The zero-order valence-electron chi connectivity index (χ0n) is 16.5. The molecule has 1 saturated heterocycles. The Hall–Kier alpha value is -3.45. The monoisotopic (exact) mass is 477 g/mol. The van der Waals surface area contributed by atoms with Crippen LogP contribution in [0.1, 0.15) is 16.8 Å². The molecule has 1 heterocycles. The molecule has 3 aromatic rings. The molecule has 0 aromatic heterocycles. The summed E-state index contributed by atoms with van der Waals surface area (Å²) in [6.07, 6.45) is 0.174. The average Bonchev–Trinajstić information content (AvgIpc) is 3.18. The van der Waals surface area contributed by atoms with Crippen LogP contribution in [0.4, 0.5) is 17.1 Å². The lowest BCUT2D eigenvalue weighted by molar-refractivity contribution is -0.122. The summed E-state index contributed by atoms with van der Waals surface area (Å²) < 4.78 is 0.794. The molecule has 1 aliphatic rings. The number of nitrogens with one attached hydrogen (secondary N) is 2. The third-order valence-electron chi connectivity index (χ3n) is 5.10. The summed E-state index contributed by atoms with van der Waals surface area (Å²) >= 11 is 3.40. The van der Waals surface area contributed by atoms with Gasteiger partial charge in [0.15, 0.2) is 0 Å². The van der Waals surface area contributed by atoms with Crippen molar-refractivity contribution in [2.45, 2.75) is 6.42 Å². The predicted molar refractivity (Wildman–Crippen MR) is 124 cm³/mol. The Kier molecular flexibility index (Phi) is 6.13. The van der Waals surface area contributed by atoms with E-state index in [1.54, 1.807) is 35.2 Å². The second-order valence-corrected chi connectivity index (χ2v) is 8.10. The SMILES string of the molecule is O=C(Nc1ccccc1Br)c1ccc(NC(=O)C2CC(=O)N(c3ccccc3)C2)cc1. The lowest BCUT2D eigenvalue weighted by Crippen LogP contribution is -2.28. The smallest absolute Gasteiger partial charge is 0.255 e. The molecule has 1 unspecified atom stereocenters. The molecule has 0 aliphatic carbocycles. The van der Waals surface area contributed by atoms with Gasteiger partial charge >= 0.3 is 0 Å². The van der Waals surface area contributed by atoms with E-state index in [2.05, 4.69) is 26.6 Å². The van der Waals surface area contributed by atoms with Crippen LogP contribution in [0.2, 0.25) is 0 Å². The lowest BCUT2D eigenvalue weighted by Gasteiger charge is -2.16. The van der Waals surface area contributed by atoms with Crippen molar-refractivity contribution in [1.29, 1.82) is 0 Å². The van der Waals surface area contributed by atoms with Crippen LogP contribution in [0, 0.1) is 5.92 Å². The molecule has 0 bridgehead atoms. The molecule has 156 valence electrons. The van der Waals surface area contributed by atoms with Crippen LogP contribution in [0.5, 0.6) is 0 Å². The quantitative estimate of drug-likeness (QED) is 0.559. The van der Waals surface area contributed by atoms with E-state index in [0.717, 1.165) is 10.2 Å². The Morgan fingerprint density at radius 2 is 1.55 bits per heavy atom. The molecule has 4 rings (SSSR count). The molecule has 1 fully saturated rings. The Morgan fingerprint density at radius 3 is 2.26 bits per heavy atom. The van der Waals surface area contributed by atoms with Crippen molar-refractivity contribution in [3.05, 3.63) is 88.9 Å². The number of nitrogens with zero attached hydrogens (tertiary/aromatic N) is 1. The van der Waals surface area contributed by atoms with E-state index in [4.69, 9.17) is 0 Å². The number of carbonyl (C=O) groups excluding carboxylic acids is 3. The zero-order chi connectivity index (χ0) is 21.8. The van der Waals surface area contributed by atoms with Gasteiger partial charge in [0.05, 0.1) is 11.6 Å². The van der Waals surface area contributed by atoms with E-state index in [1.807, 2.05) is 48.5 Å². The molecule has 1 aliphatic heterocycles. The number of hydrogen-bond donors (Lipinski definition) is 2. The van der Waals surface area contributed by atoms with Crippen LogP contribution in [0.25, 0.3) is 0 Å². The molecule has 0 saturated carbocycles. The molecule has 6 nitrogen and oxygen atoms in total. The number of benzene rings is 3. The van der Waals surface area contributed by atoms with Gasteiger partial charge in [-0.05, 0) is 64.5 Å². The van der Waals surface area contributed by atoms with Gasteiger partial charge in [-0.25, -0.2) is 0 Å². The van der Waals surface area contributed by atoms with E-state index < -0.39 is 5.92 Å². The second kappa shape index (κ2) is 9.14. The van der Waals surface area contributed by atoms with Gasteiger partial charge in [-0.3, -0.25) is 14.4 Å². The maximum Gasteiger partial charge on any atom is 0.255 e. The Labute approximate surface area is 188 Å². The molecule has 7 heteroatoms. The van der Waals surface area contributed by atoms with Crippen LogP contribution in [0.15, 0.2) is 83.3 Å². The molecule has 3 amide bonds. The first kappa shape index (κ1) is 20.8. The second-order valence-electron chi connectivity index (χ2n) is 7.24.